The summed E-state index contributed by atoms with van der Waals surface area (Å²) in [6.07, 6.45) is 1.64. The van der Waals surface area contributed by atoms with E-state index in [0.29, 0.717) is 40.0 Å². The van der Waals surface area contributed by atoms with Gasteiger partial charge in [-0.3, -0.25) is 9.59 Å². The molecule has 0 radical (unpaired) electrons. The monoisotopic (exact) mass is 385 g/mol. The maximum atomic E-state index is 12.8. The molecule has 140 valence electrons. The molecule has 0 atom stereocenters. The van der Waals surface area contributed by atoms with Crippen LogP contribution >= 0.6 is 11.8 Å². The van der Waals surface area contributed by atoms with Gasteiger partial charge >= 0.3 is 0 Å². The smallest absolute Gasteiger partial charge is 0.298 e. The SMILES string of the molecule is CCOc1ccc(N2C(=O)SC(=Cc3cc(OC)ccc3OC)C2=O)cc1. The summed E-state index contributed by atoms with van der Waals surface area (Å²) in [6.45, 7) is 2.44. The number of rotatable bonds is 6. The van der Waals surface area contributed by atoms with Crippen LogP contribution < -0.4 is 19.1 Å². The molecule has 0 unspecified atom stereocenters. The Kier molecular flexibility index (Phi) is 5.71. The molecule has 27 heavy (non-hydrogen) atoms. The van der Waals surface area contributed by atoms with Crippen LogP contribution in [0, 0.1) is 0 Å². The lowest BCUT2D eigenvalue weighted by Crippen LogP contribution is -2.27. The van der Waals surface area contributed by atoms with Gasteiger partial charge in [0.1, 0.15) is 17.2 Å². The van der Waals surface area contributed by atoms with E-state index in [4.69, 9.17) is 14.2 Å². The zero-order valence-corrected chi connectivity index (χ0v) is 16.0. The number of benzene rings is 2. The average Bonchev–Trinajstić information content (AvgIpc) is 2.96. The second kappa shape index (κ2) is 8.18. The van der Waals surface area contributed by atoms with Crippen LogP contribution in [0.3, 0.4) is 0 Å². The zero-order chi connectivity index (χ0) is 19.4. The quantitative estimate of drug-likeness (QED) is 0.689. The predicted octanol–water partition coefficient (Wildman–Crippen LogP) is 4.34. The van der Waals surface area contributed by atoms with Crippen LogP contribution in [-0.4, -0.2) is 32.0 Å². The van der Waals surface area contributed by atoms with Crippen molar-refractivity contribution in [1.82, 2.24) is 0 Å². The maximum absolute atomic E-state index is 12.8. The van der Waals surface area contributed by atoms with E-state index in [2.05, 4.69) is 0 Å². The lowest BCUT2D eigenvalue weighted by molar-refractivity contribution is -0.113. The summed E-state index contributed by atoms with van der Waals surface area (Å²) in [6, 6.07) is 12.1. The molecule has 0 N–H and O–H groups in total. The molecule has 1 aliphatic rings. The number of carbonyl (C=O) groups is 2. The Balaban J connectivity index is 1.91. The molecule has 2 aromatic rings. The molecule has 1 aliphatic heterocycles. The van der Waals surface area contributed by atoms with E-state index in [-0.39, 0.29) is 11.1 Å². The van der Waals surface area contributed by atoms with Crippen LogP contribution in [0.25, 0.3) is 6.08 Å². The first kappa shape index (κ1) is 18.8. The first-order chi connectivity index (χ1) is 13.1. The first-order valence-corrected chi connectivity index (χ1v) is 9.12. The molecule has 1 fully saturated rings. The molecular formula is C20H19NO5S. The van der Waals surface area contributed by atoms with Crippen molar-refractivity contribution in [3.8, 4) is 17.2 Å². The van der Waals surface area contributed by atoms with Gasteiger partial charge in [-0.1, -0.05) is 0 Å². The minimum absolute atomic E-state index is 0.320. The molecule has 2 amide bonds. The Labute approximate surface area is 161 Å². The molecule has 1 heterocycles. The van der Waals surface area contributed by atoms with Crippen molar-refractivity contribution in [1.29, 1.82) is 0 Å². The topological polar surface area (TPSA) is 65.1 Å². The maximum Gasteiger partial charge on any atom is 0.298 e. The summed E-state index contributed by atoms with van der Waals surface area (Å²) in [5.74, 6) is 1.53. The van der Waals surface area contributed by atoms with Gasteiger partial charge in [-0.25, -0.2) is 4.90 Å². The van der Waals surface area contributed by atoms with Crippen molar-refractivity contribution < 1.29 is 23.8 Å². The highest BCUT2D eigenvalue weighted by atomic mass is 32.2. The normalized spacial score (nSPS) is 15.4. The highest BCUT2D eigenvalue weighted by Crippen LogP contribution is 2.37. The van der Waals surface area contributed by atoms with Gasteiger partial charge in [-0.2, -0.15) is 0 Å². The number of anilines is 1. The number of ether oxygens (including phenoxy) is 3. The van der Waals surface area contributed by atoms with Crippen LogP contribution in [-0.2, 0) is 4.79 Å². The van der Waals surface area contributed by atoms with E-state index in [1.54, 1.807) is 62.8 Å². The molecule has 7 heteroatoms. The lowest BCUT2D eigenvalue weighted by Gasteiger charge is -2.13. The fourth-order valence-electron chi connectivity index (χ4n) is 2.64. The Morgan fingerprint density at radius 3 is 2.33 bits per heavy atom. The molecule has 0 saturated carbocycles. The number of imide groups is 1. The van der Waals surface area contributed by atoms with Gasteiger partial charge < -0.3 is 14.2 Å². The number of nitrogens with zero attached hydrogens (tertiary/aromatic N) is 1. The second-order valence-electron chi connectivity index (χ2n) is 5.55. The van der Waals surface area contributed by atoms with Gasteiger partial charge in [0.15, 0.2) is 0 Å². The molecule has 3 rings (SSSR count). The van der Waals surface area contributed by atoms with E-state index in [9.17, 15) is 9.59 Å². The van der Waals surface area contributed by atoms with Crippen molar-refractivity contribution in [2.45, 2.75) is 6.92 Å². The summed E-state index contributed by atoms with van der Waals surface area (Å²) in [5.41, 5.74) is 1.16. The summed E-state index contributed by atoms with van der Waals surface area (Å²) >= 11 is 0.889. The van der Waals surface area contributed by atoms with Gasteiger partial charge in [0.05, 0.1) is 31.4 Å². The van der Waals surface area contributed by atoms with Gasteiger partial charge in [-0.05, 0) is 67.2 Å². The fraction of sp³-hybridized carbons (Fsp3) is 0.200. The standard InChI is InChI=1S/C20H19NO5S/c1-4-26-15-7-5-14(6-8-15)21-19(22)18(27-20(21)23)12-13-11-16(24-2)9-10-17(13)25-3/h5-12H,4H2,1-3H3. The van der Waals surface area contributed by atoms with Crippen molar-refractivity contribution >= 4 is 34.7 Å². The molecule has 0 bridgehead atoms. The summed E-state index contributed by atoms with van der Waals surface area (Å²) in [5, 5.41) is -0.350. The second-order valence-corrected chi connectivity index (χ2v) is 6.55. The van der Waals surface area contributed by atoms with Gasteiger partial charge in [0.2, 0.25) is 0 Å². The third-order valence-electron chi connectivity index (χ3n) is 3.92. The van der Waals surface area contributed by atoms with E-state index in [1.165, 1.54) is 0 Å². The first-order valence-electron chi connectivity index (χ1n) is 8.30. The molecular weight excluding hydrogens is 366 g/mol. The highest BCUT2D eigenvalue weighted by Gasteiger charge is 2.36. The van der Waals surface area contributed by atoms with E-state index < -0.39 is 0 Å². The Bertz CT molecular complexity index is 892. The fourth-order valence-corrected chi connectivity index (χ4v) is 3.47. The number of hydrogen-bond donors (Lipinski definition) is 0. The third-order valence-corrected chi connectivity index (χ3v) is 4.79. The lowest BCUT2D eigenvalue weighted by atomic mass is 10.1. The van der Waals surface area contributed by atoms with Crippen LogP contribution in [0.5, 0.6) is 17.2 Å². The van der Waals surface area contributed by atoms with Gasteiger partial charge in [0, 0.05) is 5.56 Å². The van der Waals surface area contributed by atoms with Crippen LogP contribution in [0.15, 0.2) is 47.4 Å². The molecule has 0 aromatic heterocycles. The van der Waals surface area contributed by atoms with Gasteiger partial charge in [-0.15, -0.1) is 0 Å². The molecule has 1 saturated heterocycles. The Morgan fingerprint density at radius 1 is 1.00 bits per heavy atom. The van der Waals surface area contributed by atoms with E-state index in [0.717, 1.165) is 16.7 Å². The highest BCUT2D eigenvalue weighted by molar-refractivity contribution is 8.19. The van der Waals surface area contributed by atoms with Gasteiger partial charge in [0.25, 0.3) is 11.1 Å². The Morgan fingerprint density at radius 2 is 1.70 bits per heavy atom. The van der Waals surface area contributed by atoms with Crippen molar-refractivity contribution in [3.63, 3.8) is 0 Å². The molecule has 0 spiro atoms. The summed E-state index contributed by atoms with van der Waals surface area (Å²) < 4.78 is 15.9. The number of methoxy groups -OCH3 is 2. The number of hydrogen-bond acceptors (Lipinski definition) is 6. The molecule has 0 aliphatic carbocycles. The van der Waals surface area contributed by atoms with E-state index in [1.807, 2.05) is 6.92 Å². The van der Waals surface area contributed by atoms with Crippen LogP contribution in [0.2, 0.25) is 0 Å². The minimum atomic E-state index is -0.376. The average molecular weight is 385 g/mol. The predicted molar refractivity (Wildman–Crippen MR) is 106 cm³/mol. The number of carbonyl (C=O) groups excluding carboxylic acids is 2. The summed E-state index contributed by atoms with van der Waals surface area (Å²) in [7, 11) is 3.11. The molecule has 6 nitrogen and oxygen atoms in total. The number of thioether (sulfide) groups is 1. The van der Waals surface area contributed by atoms with E-state index >= 15 is 0 Å². The van der Waals surface area contributed by atoms with Crippen molar-refractivity contribution in [2.24, 2.45) is 0 Å². The van der Waals surface area contributed by atoms with Crippen molar-refractivity contribution in [3.05, 3.63) is 52.9 Å². The summed E-state index contributed by atoms with van der Waals surface area (Å²) in [4.78, 5) is 26.7. The Hall–Kier alpha value is -2.93. The largest absolute Gasteiger partial charge is 0.497 e. The van der Waals surface area contributed by atoms with Crippen molar-refractivity contribution in [2.75, 3.05) is 25.7 Å². The third kappa shape index (κ3) is 3.93. The minimum Gasteiger partial charge on any atom is -0.497 e. The van der Waals surface area contributed by atoms with Crippen LogP contribution in [0.4, 0.5) is 10.5 Å². The zero-order valence-electron chi connectivity index (χ0n) is 15.2. The van der Waals surface area contributed by atoms with Crippen LogP contribution in [0.1, 0.15) is 12.5 Å². The number of amides is 2. The molecule has 2 aromatic carbocycles.